The topological polar surface area (TPSA) is 52.7 Å². The van der Waals surface area contributed by atoms with E-state index in [4.69, 9.17) is 0 Å². The van der Waals surface area contributed by atoms with Gasteiger partial charge in [-0.1, -0.05) is 6.42 Å². The van der Waals surface area contributed by atoms with Crippen LogP contribution in [-0.4, -0.2) is 56.9 Å². The summed E-state index contributed by atoms with van der Waals surface area (Å²) in [5.74, 6) is 0. The molecule has 0 aromatic heterocycles. The highest BCUT2D eigenvalue weighted by Crippen LogP contribution is 2.17. The van der Waals surface area contributed by atoms with Gasteiger partial charge < -0.3 is 4.90 Å². The molecule has 2 rings (SSSR count). The molecule has 6 heteroatoms. The zero-order chi connectivity index (χ0) is 13.0. The minimum atomic E-state index is -3.21. The van der Waals surface area contributed by atoms with Crippen LogP contribution in [0.15, 0.2) is 0 Å². The van der Waals surface area contributed by atoms with Crippen LogP contribution in [0.3, 0.4) is 0 Å². The van der Waals surface area contributed by atoms with Gasteiger partial charge in [0.1, 0.15) is 0 Å². The summed E-state index contributed by atoms with van der Waals surface area (Å²) in [4.78, 5) is 2.35. The molecule has 2 aliphatic heterocycles. The van der Waals surface area contributed by atoms with Crippen molar-refractivity contribution >= 4 is 10.2 Å². The predicted molar refractivity (Wildman–Crippen MR) is 72.6 cm³/mol. The lowest BCUT2D eigenvalue weighted by Crippen LogP contribution is -2.42. The van der Waals surface area contributed by atoms with E-state index in [1.807, 2.05) is 0 Å². The lowest BCUT2D eigenvalue weighted by Gasteiger charge is -2.32. The molecule has 18 heavy (non-hydrogen) atoms. The Morgan fingerprint density at radius 3 is 2.44 bits per heavy atom. The molecule has 2 heterocycles. The molecule has 0 aromatic carbocycles. The maximum Gasteiger partial charge on any atom is 0.279 e. The second kappa shape index (κ2) is 6.32. The summed E-state index contributed by atoms with van der Waals surface area (Å²) in [6.45, 7) is 3.06. The molecule has 0 amide bonds. The fourth-order valence-electron chi connectivity index (χ4n) is 2.88. The van der Waals surface area contributed by atoms with Crippen LogP contribution in [-0.2, 0) is 10.2 Å². The third-order valence-corrected chi connectivity index (χ3v) is 5.70. The molecule has 0 radical (unpaired) electrons. The molecule has 2 fully saturated rings. The van der Waals surface area contributed by atoms with Gasteiger partial charge in [-0.15, -0.1) is 0 Å². The highest BCUT2D eigenvalue weighted by Gasteiger charge is 2.25. The van der Waals surface area contributed by atoms with Crippen molar-refractivity contribution < 1.29 is 8.42 Å². The van der Waals surface area contributed by atoms with Gasteiger partial charge in [-0.05, 0) is 45.7 Å². The van der Waals surface area contributed by atoms with Crippen LogP contribution < -0.4 is 4.72 Å². The maximum atomic E-state index is 12.0. The molecule has 0 saturated carbocycles. The average Bonchev–Trinajstić information content (AvgIpc) is 2.86. The standard InChI is InChI=1S/C12H25N3O2S/c1-14-9-3-2-6-12(14)7-8-13-18(16,17)15-10-4-5-11-15/h12-13H,2-11H2,1H3. The molecule has 2 saturated heterocycles. The molecule has 0 bridgehead atoms. The van der Waals surface area contributed by atoms with E-state index in [1.165, 1.54) is 19.3 Å². The van der Waals surface area contributed by atoms with E-state index < -0.39 is 10.2 Å². The van der Waals surface area contributed by atoms with E-state index in [9.17, 15) is 8.42 Å². The number of piperidine rings is 1. The Hall–Kier alpha value is -0.170. The van der Waals surface area contributed by atoms with Gasteiger partial charge >= 0.3 is 0 Å². The Bertz CT molecular complexity index is 352. The Morgan fingerprint density at radius 1 is 1.11 bits per heavy atom. The van der Waals surface area contributed by atoms with Crippen LogP contribution in [0.2, 0.25) is 0 Å². The normalized spacial score (nSPS) is 27.7. The molecule has 1 unspecified atom stereocenters. The van der Waals surface area contributed by atoms with E-state index in [0.29, 0.717) is 25.7 Å². The monoisotopic (exact) mass is 275 g/mol. The van der Waals surface area contributed by atoms with Crippen molar-refractivity contribution in [2.24, 2.45) is 0 Å². The zero-order valence-corrected chi connectivity index (χ0v) is 12.1. The van der Waals surface area contributed by atoms with E-state index >= 15 is 0 Å². The summed E-state index contributed by atoms with van der Waals surface area (Å²) in [6, 6.07) is 0.542. The SMILES string of the molecule is CN1CCCCC1CCNS(=O)(=O)N1CCCC1. The van der Waals surface area contributed by atoms with Crippen molar-refractivity contribution in [1.82, 2.24) is 13.9 Å². The van der Waals surface area contributed by atoms with Gasteiger partial charge in [0.05, 0.1) is 0 Å². The van der Waals surface area contributed by atoms with E-state index in [-0.39, 0.29) is 0 Å². The maximum absolute atomic E-state index is 12.0. The molecular weight excluding hydrogens is 250 g/mol. The van der Waals surface area contributed by atoms with Crippen molar-refractivity contribution in [1.29, 1.82) is 0 Å². The van der Waals surface area contributed by atoms with Gasteiger partial charge in [0.15, 0.2) is 0 Å². The number of likely N-dealkylation sites (tertiary alicyclic amines) is 1. The first kappa shape index (κ1) is 14.2. The summed E-state index contributed by atoms with van der Waals surface area (Å²) in [7, 11) is -1.08. The molecule has 2 aliphatic rings. The van der Waals surface area contributed by atoms with Gasteiger partial charge in [-0.25, -0.2) is 4.72 Å². The predicted octanol–water partition coefficient (Wildman–Crippen LogP) is 0.791. The minimum Gasteiger partial charge on any atom is -0.303 e. The van der Waals surface area contributed by atoms with E-state index in [1.54, 1.807) is 4.31 Å². The largest absolute Gasteiger partial charge is 0.303 e. The molecule has 106 valence electrons. The molecule has 0 aliphatic carbocycles. The zero-order valence-electron chi connectivity index (χ0n) is 11.3. The molecule has 1 atom stereocenters. The number of rotatable bonds is 5. The van der Waals surface area contributed by atoms with Gasteiger partial charge in [0.25, 0.3) is 10.2 Å². The Balaban J connectivity index is 1.74. The molecule has 1 N–H and O–H groups in total. The second-order valence-electron chi connectivity index (χ2n) is 5.42. The van der Waals surface area contributed by atoms with Crippen molar-refractivity contribution in [3.8, 4) is 0 Å². The van der Waals surface area contributed by atoms with Crippen LogP contribution in [0.5, 0.6) is 0 Å². The third kappa shape index (κ3) is 3.66. The molecule has 0 aromatic rings. The Labute approximate surface area is 111 Å². The first-order chi connectivity index (χ1) is 8.59. The first-order valence-corrected chi connectivity index (χ1v) is 8.48. The van der Waals surface area contributed by atoms with Crippen LogP contribution in [0.25, 0.3) is 0 Å². The van der Waals surface area contributed by atoms with Gasteiger partial charge in [0, 0.05) is 25.7 Å². The molecule has 0 spiro atoms. The summed E-state index contributed by atoms with van der Waals surface area (Å²) >= 11 is 0. The van der Waals surface area contributed by atoms with Crippen LogP contribution in [0.4, 0.5) is 0 Å². The fraction of sp³-hybridized carbons (Fsp3) is 1.00. The van der Waals surface area contributed by atoms with E-state index in [0.717, 1.165) is 25.8 Å². The third-order valence-electron chi connectivity index (χ3n) is 4.09. The number of hydrogen-bond donors (Lipinski definition) is 1. The molecule has 5 nitrogen and oxygen atoms in total. The van der Waals surface area contributed by atoms with Crippen LogP contribution >= 0.6 is 0 Å². The van der Waals surface area contributed by atoms with Crippen LogP contribution in [0.1, 0.15) is 38.5 Å². The second-order valence-corrected chi connectivity index (χ2v) is 7.18. The first-order valence-electron chi connectivity index (χ1n) is 7.04. The summed E-state index contributed by atoms with van der Waals surface area (Å²) < 4.78 is 28.2. The lowest BCUT2D eigenvalue weighted by molar-refractivity contribution is 0.177. The quantitative estimate of drug-likeness (QED) is 0.807. The highest BCUT2D eigenvalue weighted by molar-refractivity contribution is 7.87. The summed E-state index contributed by atoms with van der Waals surface area (Å²) in [5.41, 5.74) is 0. The number of nitrogens with one attached hydrogen (secondary N) is 1. The Kier molecular flexibility index (Phi) is 5.00. The minimum absolute atomic E-state index is 0.542. The van der Waals surface area contributed by atoms with Gasteiger partial charge in [0.2, 0.25) is 0 Å². The van der Waals surface area contributed by atoms with Gasteiger partial charge in [-0.2, -0.15) is 12.7 Å². The van der Waals surface area contributed by atoms with E-state index in [2.05, 4.69) is 16.7 Å². The smallest absolute Gasteiger partial charge is 0.279 e. The fourth-order valence-corrected chi connectivity index (χ4v) is 4.18. The van der Waals surface area contributed by atoms with Gasteiger partial charge in [-0.3, -0.25) is 0 Å². The van der Waals surface area contributed by atoms with Crippen molar-refractivity contribution in [3.05, 3.63) is 0 Å². The number of nitrogens with zero attached hydrogens (tertiary/aromatic N) is 2. The summed E-state index contributed by atoms with van der Waals surface area (Å²) in [5, 5.41) is 0. The van der Waals surface area contributed by atoms with Crippen molar-refractivity contribution in [2.75, 3.05) is 33.2 Å². The van der Waals surface area contributed by atoms with Crippen LogP contribution in [0, 0.1) is 0 Å². The molecular formula is C12H25N3O2S. The summed E-state index contributed by atoms with van der Waals surface area (Å²) in [6.07, 6.45) is 6.64. The lowest BCUT2D eigenvalue weighted by atomic mass is 10.0. The number of hydrogen-bond acceptors (Lipinski definition) is 3. The van der Waals surface area contributed by atoms with Crippen molar-refractivity contribution in [3.63, 3.8) is 0 Å². The average molecular weight is 275 g/mol. The van der Waals surface area contributed by atoms with Crippen molar-refractivity contribution in [2.45, 2.75) is 44.6 Å². The highest BCUT2D eigenvalue weighted by atomic mass is 32.2. The Morgan fingerprint density at radius 2 is 1.78 bits per heavy atom.